The second-order valence-electron chi connectivity index (χ2n) is 4.25. The molecule has 0 saturated carbocycles. The van der Waals surface area contributed by atoms with E-state index in [1.54, 1.807) is 0 Å². The lowest BCUT2D eigenvalue weighted by Crippen LogP contribution is -2.01. The maximum Gasteiger partial charge on any atom is 0.266 e. The lowest BCUT2D eigenvalue weighted by Gasteiger charge is -2.05. The number of aryl methyl sites for hydroxylation is 1. The Morgan fingerprint density at radius 1 is 1.05 bits per heavy atom. The number of hydrogen-bond acceptors (Lipinski definition) is 3. The minimum absolute atomic E-state index is 0.0347. The predicted molar refractivity (Wildman–Crippen MR) is 79.5 cm³/mol. The molecule has 0 aliphatic heterocycles. The zero-order valence-corrected chi connectivity index (χ0v) is 12.0. The van der Waals surface area contributed by atoms with Crippen LogP contribution in [-0.2, 0) is 31.0 Å². The van der Waals surface area contributed by atoms with Crippen LogP contribution in [0.2, 0.25) is 0 Å². The molecule has 3 nitrogen and oxygen atoms in total. The fourth-order valence-corrected chi connectivity index (χ4v) is 2.11. The van der Waals surface area contributed by atoms with Crippen LogP contribution in [0.1, 0.15) is 11.1 Å². The maximum absolute atomic E-state index is 10.8. The Kier molecular flexibility index (Phi) is 4.31. The van der Waals surface area contributed by atoms with Crippen LogP contribution in [0.15, 0.2) is 48.5 Å². The van der Waals surface area contributed by atoms with E-state index in [1.165, 1.54) is 5.56 Å². The van der Waals surface area contributed by atoms with Crippen molar-refractivity contribution in [1.29, 1.82) is 0 Å². The van der Waals surface area contributed by atoms with Crippen molar-refractivity contribution in [2.45, 2.75) is 13.5 Å². The van der Waals surface area contributed by atoms with Gasteiger partial charge in [-0.2, -0.15) is 4.21 Å². The van der Waals surface area contributed by atoms with E-state index in [1.807, 2.05) is 31.2 Å². The smallest absolute Gasteiger partial charge is 0.266 e. The van der Waals surface area contributed by atoms with Gasteiger partial charge in [-0.3, -0.25) is 8.74 Å². The third kappa shape index (κ3) is 4.40. The van der Waals surface area contributed by atoms with Crippen molar-refractivity contribution in [2.24, 2.45) is 0 Å². The first kappa shape index (κ1) is 14.1. The fourth-order valence-electron chi connectivity index (χ4n) is 1.68. The summed E-state index contributed by atoms with van der Waals surface area (Å²) in [5.74, 6) is 0. The zero-order chi connectivity index (χ0) is 13.9. The van der Waals surface area contributed by atoms with Gasteiger partial charge in [-0.25, -0.2) is 0 Å². The summed E-state index contributed by atoms with van der Waals surface area (Å²) < 4.78 is 24.4. The van der Waals surface area contributed by atoms with E-state index in [4.69, 9.17) is 4.55 Å². The lowest BCUT2D eigenvalue weighted by atomic mass is 10.0. The summed E-state index contributed by atoms with van der Waals surface area (Å²) in [6.07, 6.45) is 0. The van der Waals surface area contributed by atoms with E-state index in [0.29, 0.717) is 0 Å². The summed E-state index contributed by atoms with van der Waals surface area (Å²) in [4.78, 5) is 0. The van der Waals surface area contributed by atoms with Gasteiger partial charge in [0.1, 0.15) is 0 Å². The van der Waals surface area contributed by atoms with Crippen molar-refractivity contribution in [3.8, 4) is 11.1 Å². The van der Waals surface area contributed by atoms with Crippen LogP contribution >= 0.6 is 0 Å². The highest BCUT2D eigenvalue weighted by Gasteiger charge is 2.02. The molecule has 0 saturated heterocycles. The van der Waals surface area contributed by atoms with Crippen LogP contribution < -0.4 is 0 Å². The highest BCUT2D eigenvalue weighted by atomic mass is 32.9. The normalized spacial score (nSPS) is 14.0. The second-order valence-corrected chi connectivity index (χ2v) is 6.61. The molecule has 1 N–H and O–H groups in total. The predicted octanol–water partition coefficient (Wildman–Crippen LogP) is 3.31. The molecule has 0 heterocycles. The maximum atomic E-state index is 10.8. The average Bonchev–Trinajstić information content (AvgIpc) is 2.37. The van der Waals surface area contributed by atoms with Crippen LogP contribution in [0.5, 0.6) is 0 Å². The fraction of sp³-hybridized carbons (Fsp3) is 0.143. The van der Waals surface area contributed by atoms with Crippen molar-refractivity contribution >= 4 is 20.2 Å². The van der Waals surface area contributed by atoms with Gasteiger partial charge >= 0.3 is 0 Å². The summed E-state index contributed by atoms with van der Waals surface area (Å²) in [6, 6.07) is 15.9. The van der Waals surface area contributed by atoms with Crippen molar-refractivity contribution in [2.75, 3.05) is 0 Å². The number of hydrogen-bond donors (Lipinski definition) is 1. The molecular formula is C14H14O3S2. The van der Waals surface area contributed by atoms with Gasteiger partial charge in [-0.05, 0) is 23.6 Å². The van der Waals surface area contributed by atoms with Gasteiger partial charge in [0, 0.05) is 11.2 Å². The third-order valence-corrected chi connectivity index (χ3v) is 3.42. The van der Waals surface area contributed by atoms with Crippen LogP contribution in [0.4, 0.5) is 0 Å². The second kappa shape index (κ2) is 5.79. The molecule has 0 amide bonds. The Bertz CT molecular complexity index is 644. The minimum Gasteiger partial charge on any atom is -0.285 e. The quantitative estimate of drug-likeness (QED) is 0.939. The van der Waals surface area contributed by atoms with Gasteiger partial charge in [0.25, 0.3) is 9.05 Å². The summed E-state index contributed by atoms with van der Waals surface area (Å²) in [6.45, 7) is 2.08. The molecule has 2 aromatic rings. The Morgan fingerprint density at radius 2 is 1.53 bits per heavy atom. The Hall–Kier alpha value is -1.27. The standard InChI is InChI=1S/C14H14O3S2/c1-11-2-6-13(7-3-11)14-8-4-12(5-9-14)10-17-19(15,16)18/h2-9H,10H2,1H3,(H,15,16,18). The van der Waals surface area contributed by atoms with Gasteiger partial charge in [0.15, 0.2) is 0 Å². The molecule has 0 aliphatic rings. The Labute approximate surface area is 117 Å². The molecule has 5 heteroatoms. The first-order chi connectivity index (χ1) is 8.94. The first-order valence-corrected chi connectivity index (χ1v) is 8.08. The SMILES string of the molecule is Cc1ccc(-c2ccc(COS(=O)(O)=S)cc2)cc1. The molecule has 0 bridgehead atoms. The van der Waals surface area contributed by atoms with Gasteiger partial charge < -0.3 is 0 Å². The van der Waals surface area contributed by atoms with Crippen LogP contribution in [0, 0.1) is 6.92 Å². The highest BCUT2D eigenvalue weighted by Crippen LogP contribution is 2.20. The number of benzene rings is 2. The van der Waals surface area contributed by atoms with E-state index in [9.17, 15) is 4.21 Å². The molecular weight excluding hydrogens is 280 g/mol. The third-order valence-electron chi connectivity index (χ3n) is 2.71. The van der Waals surface area contributed by atoms with E-state index >= 15 is 0 Å². The first-order valence-electron chi connectivity index (χ1n) is 5.72. The van der Waals surface area contributed by atoms with Crippen molar-refractivity contribution < 1.29 is 12.9 Å². The molecule has 2 aromatic carbocycles. The van der Waals surface area contributed by atoms with Gasteiger partial charge in [0.2, 0.25) is 0 Å². The molecule has 1 unspecified atom stereocenters. The lowest BCUT2D eigenvalue weighted by molar-refractivity contribution is 0.295. The van der Waals surface area contributed by atoms with E-state index in [2.05, 4.69) is 39.6 Å². The molecule has 100 valence electrons. The molecule has 1 atom stereocenters. The van der Waals surface area contributed by atoms with Gasteiger partial charge in [0.05, 0.1) is 6.61 Å². The molecule has 0 spiro atoms. The highest BCUT2D eigenvalue weighted by molar-refractivity contribution is 8.27. The zero-order valence-electron chi connectivity index (χ0n) is 10.4. The average molecular weight is 294 g/mol. The van der Waals surface area contributed by atoms with Gasteiger partial charge in [-0.15, -0.1) is 0 Å². The topological polar surface area (TPSA) is 46.5 Å². The summed E-state index contributed by atoms with van der Waals surface area (Å²) >= 11 is 4.26. The van der Waals surface area contributed by atoms with E-state index in [-0.39, 0.29) is 6.61 Å². The summed E-state index contributed by atoms with van der Waals surface area (Å²) in [5, 5.41) is 0. The van der Waals surface area contributed by atoms with Gasteiger partial charge in [-0.1, -0.05) is 54.1 Å². The monoisotopic (exact) mass is 294 g/mol. The van der Waals surface area contributed by atoms with Crippen molar-refractivity contribution in [3.05, 3.63) is 59.7 Å². The molecule has 0 aliphatic carbocycles. The number of rotatable bonds is 4. The van der Waals surface area contributed by atoms with Crippen LogP contribution in [-0.4, -0.2) is 8.76 Å². The van der Waals surface area contributed by atoms with Crippen molar-refractivity contribution in [3.63, 3.8) is 0 Å². The largest absolute Gasteiger partial charge is 0.285 e. The molecule has 0 radical (unpaired) electrons. The Balaban J connectivity index is 2.12. The van der Waals surface area contributed by atoms with E-state index in [0.717, 1.165) is 16.7 Å². The summed E-state index contributed by atoms with van der Waals surface area (Å²) in [5.41, 5.74) is 4.25. The van der Waals surface area contributed by atoms with Crippen molar-refractivity contribution in [1.82, 2.24) is 0 Å². The molecule has 0 fully saturated rings. The molecule has 2 rings (SSSR count). The summed E-state index contributed by atoms with van der Waals surface area (Å²) in [7, 11) is -3.56. The van der Waals surface area contributed by atoms with E-state index < -0.39 is 9.05 Å². The molecule has 0 aromatic heterocycles. The molecule has 19 heavy (non-hydrogen) atoms. The van der Waals surface area contributed by atoms with Crippen LogP contribution in [0.25, 0.3) is 11.1 Å². The van der Waals surface area contributed by atoms with Crippen LogP contribution in [0.3, 0.4) is 0 Å². The Morgan fingerprint density at radius 3 is 2.00 bits per heavy atom. The minimum atomic E-state index is -3.56.